The maximum absolute atomic E-state index is 12.7. The number of aliphatic hydroxyl groups is 1. The fraction of sp³-hybridized carbons (Fsp3) is 0.600. The lowest BCUT2D eigenvalue weighted by atomic mass is 10.3. The topological polar surface area (TPSA) is 58.5 Å². The van der Waals surface area contributed by atoms with Crippen LogP contribution >= 0.6 is 0 Å². The third-order valence-corrected chi connectivity index (χ3v) is 2.19. The zero-order chi connectivity index (χ0) is 13.8. The standard InChI is InChI=1S/C10H14F3N3O2/c1-3-16(2)9-14-6-7(10(11,12)13)8(15-9)18-5-4-17/h6,17H,3-5H2,1-2H3. The van der Waals surface area contributed by atoms with Crippen molar-refractivity contribution in [3.05, 3.63) is 11.8 Å². The van der Waals surface area contributed by atoms with E-state index in [1.54, 1.807) is 11.9 Å². The molecule has 0 fully saturated rings. The quantitative estimate of drug-likeness (QED) is 0.870. The Hall–Kier alpha value is -1.57. The summed E-state index contributed by atoms with van der Waals surface area (Å²) >= 11 is 0. The third kappa shape index (κ3) is 3.46. The van der Waals surface area contributed by atoms with E-state index in [-0.39, 0.29) is 19.2 Å². The molecule has 0 saturated carbocycles. The van der Waals surface area contributed by atoms with Crippen molar-refractivity contribution in [1.82, 2.24) is 9.97 Å². The lowest BCUT2D eigenvalue weighted by Gasteiger charge is -2.17. The number of hydrogen-bond acceptors (Lipinski definition) is 5. The van der Waals surface area contributed by atoms with Crippen LogP contribution in [0.4, 0.5) is 19.1 Å². The van der Waals surface area contributed by atoms with E-state index in [2.05, 4.69) is 9.97 Å². The van der Waals surface area contributed by atoms with Crippen LogP contribution in [0.25, 0.3) is 0 Å². The molecule has 1 heterocycles. The van der Waals surface area contributed by atoms with Gasteiger partial charge in [0.25, 0.3) is 0 Å². The summed E-state index contributed by atoms with van der Waals surface area (Å²) in [5.74, 6) is -0.430. The number of halogens is 3. The Morgan fingerprint density at radius 2 is 2.11 bits per heavy atom. The molecule has 0 aromatic carbocycles. The second-order valence-corrected chi connectivity index (χ2v) is 3.47. The lowest BCUT2D eigenvalue weighted by Crippen LogP contribution is -2.21. The number of alkyl halides is 3. The monoisotopic (exact) mass is 265 g/mol. The highest BCUT2D eigenvalue weighted by molar-refractivity contribution is 5.36. The van der Waals surface area contributed by atoms with E-state index < -0.39 is 17.6 Å². The van der Waals surface area contributed by atoms with Gasteiger partial charge in [-0.2, -0.15) is 18.2 Å². The van der Waals surface area contributed by atoms with Crippen LogP contribution < -0.4 is 9.64 Å². The molecule has 0 atom stereocenters. The minimum Gasteiger partial charge on any atom is -0.475 e. The summed E-state index contributed by atoms with van der Waals surface area (Å²) in [6.45, 7) is 1.72. The minimum atomic E-state index is -4.59. The molecular formula is C10H14F3N3O2. The Labute approximate surface area is 102 Å². The predicted molar refractivity (Wildman–Crippen MR) is 58.6 cm³/mol. The maximum Gasteiger partial charge on any atom is 0.423 e. The summed E-state index contributed by atoms with van der Waals surface area (Å²) in [5.41, 5.74) is -1.05. The van der Waals surface area contributed by atoms with E-state index >= 15 is 0 Å². The summed E-state index contributed by atoms with van der Waals surface area (Å²) in [4.78, 5) is 8.92. The van der Waals surface area contributed by atoms with Crippen LogP contribution in [0.3, 0.4) is 0 Å². The molecule has 0 spiro atoms. The van der Waals surface area contributed by atoms with Crippen LogP contribution in [-0.4, -0.2) is 41.9 Å². The number of aliphatic hydroxyl groups excluding tert-OH is 1. The summed E-state index contributed by atoms with van der Waals surface area (Å²) in [5, 5.41) is 8.59. The average molecular weight is 265 g/mol. The normalized spacial score (nSPS) is 11.4. The van der Waals surface area contributed by atoms with Crippen molar-refractivity contribution in [2.24, 2.45) is 0 Å². The van der Waals surface area contributed by atoms with Gasteiger partial charge < -0.3 is 14.7 Å². The van der Waals surface area contributed by atoms with Crippen molar-refractivity contribution in [3.8, 4) is 5.88 Å². The van der Waals surface area contributed by atoms with Gasteiger partial charge in [0.05, 0.1) is 6.61 Å². The van der Waals surface area contributed by atoms with Crippen LogP contribution in [0.15, 0.2) is 6.20 Å². The molecule has 1 aromatic heterocycles. The van der Waals surface area contributed by atoms with Crippen LogP contribution in [0.2, 0.25) is 0 Å². The van der Waals surface area contributed by atoms with Crippen molar-refractivity contribution in [3.63, 3.8) is 0 Å². The first-order valence-corrected chi connectivity index (χ1v) is 5.29. The van der Waals surface area contributed by atoms with Gasteiger partial charge >= 0.3 is 6.18 Å². The minimum absolute atomic E-state index is 0.137. The van der Waals surface area contributed by atoms with E-state index in [1.807, 2.05) is 6.92 Å². The zero-order valence-electron chi connectivity index (χ0n) is 10.0. The second-order valence-electron chi connectivity index (χ2n) is 3.47. The molecule has 1 rings (SSSR count). The zero-order valence-corrected chi connectivity index (χ0v) is 10.0. The fourth-order valence-corrected chi connectivity index (χ4v) is 1.13. The number of ether oxygens (including phenoxy) is 1. The van der Waals surface area contributed by atoms with Crippen LogP contribution in [0.1, 0.15) is 12.5 Å². The number of rotatable bonds is 5. The Bertz CT molecular complexity index is 398. The second kappa shape index (κ2) is 5.85. The smallest absolute Gasteiger partial charge is 0.423 e. The highest BCUT2D eigenvalue weighted by atomic mass is 19.4. The van der Waals surface area contributed by atoms with Gasteiger partial charge in [-0.1, -0.05) is 0 Å². The molecular weight excluding hydrogens is 251 g/mol. The van der Waals surface area contributed by atoms with Crippen molar-refractivity contribution in [2.75, 3.05) is 31.7 Å². The Morgan fingerprint density at radius 1 is 1.44 bits per heavy atom. The van der Waals surface area contributed by atoms with E-state index in [4.69, 9.17) is 9.84 Å². The Morgan fingerprint density at radius 3 is 2.61 bits per heavy atom. The molecule has 8 heteroatoms. The van der Waals surface area contributed by atoms with Crippen molar-refractivity contribution in [2.45, 2.75) is 13.1 Å². The van der Waals surface area contributed by atoms with E-state index in [0.717, 1.165) is 0 Å². The summed E-state index contributed by atoms with van der Waals surface area (Å²) in [7, 11) is 1.65. The molecule has 0 aliphatic heterocycles. The molecule has 102 valence electrons. The summed E-state index contributed by atoms with van der Waals surface area (Å²) in [6.07, 6.45) is -3.91. The van der Waals surface area contributed by atoms with Crippen molar-refractivity contribution < 1.29 is 23.0 Å². The molecule has 18 heavy (non-hydrogen) atoms. The van der Waals surface area contributed by atoms with E-state index in [1.165, 1.54) is 0 Å². The van der Waals surface area contributed by atoms with Gasteiger partial charge in [0.2, 0.25) is 11.8 Å². The molecule has 0 amide bonds. The predicted octanol–water partition coefficient (Wildman–Crippen LogP) is 1.32. The Balaban J connectivity index is 3.12. The van der Waals surface area contributed by atoms with Gasteiger partial charge in [0.1, 0.15) is 12.2 Å². The molecule has 0 saturated heterocycles. The first-order chi connectivity index (χ1) is 8.40. The lowest BCUT2D eigenvalue weighted by molar-refractivity contribution is -0.139. The first kappa shape index (κ1) is 14.5. The van der Waals surface area contributed by atoms with Crippen molar-refractivity contribution >= 4 is 5.95 Å². The largest absolute Gasteiger partial charge is 0.475 e. The third-order valence-electron chi connectivity index (χ3n) is 2.19. The van der Waals surface area contributed by atoms with Crippen LogP contribution in [0, 0.1) is 0 Å². The number of anilines is 1. The van der Waals surface area contributed by atoms with Gasteiger partial charge in [0, 0.05) is 19.8 Å². The van der Waals surface area contributed by atoms with Gasteiger partial charge in [-0.05, 0) is 6.92 Å². The van der Waals surface area contributed by atoms with Gasteiger partial charge in [0.15, 0.2) is 0 Å². The molecule has 0 aliphatic carbocycles. The fourth-order valence-electron chi connectivity index (χ4n) is 1.13. The molecule has 1 aromatic rings. The van der Waals surface area contributed by atoms with E-state index in [9.17, 15) is 13.2 Å². The highest BCUT2D eigenvalue weighted by Crippen LogP contribution is 2.35. The first-order valence-electron chi connectivity index (χ1n) is 5.29. The van der Waals surface area contributed by atoms with Gasteiger partial charge in [-0.15, -0.1) is 0 Å². The summed E-state index contributed by atoms with van der Waals surface area (Å²) in [6, 6.07) is 0. The van der Waals surface area contributed by atoms with E-state index in [0.29, 0.717) is 12.7 Å². The van der Waals surface area contributed by atoms with Gasteiger partial charge in [-0.3, -0.25) is 0 Å². The van der Waals surface area contributed by atoms with Crippen LogP contribution in [0.5, 0.6) is 5.88 Å². The Kier molecular flexibility index (Phi) is 4.71. The van der Waals surface area contributed by atoms with Crippen molar-refractivity contribution in [1.29, 1.82) is 0 Å². The number of aromatic nitrogens is 2. The average Bonchev–Trinajstić information content (AvgIpc) is 2.33. The molecule has 0 aliphatic rings. The van der Waals surface area contributed by atoms with Gasteiger partial charge in [-0.25, -0.2) is 4.98 Å². The molecule has 5 nitrogen and oxygen atoms in total. The molecule has 0 unspecified atom stereocenters. The SMILES string of the molecule is CCN(C)c1ncc(C(F)(F)F)c(OCCO)n1. The van der Waals surface area contributed by atoms with Crippen LogP contribution in [-0.2, 0) is 6.18 Å². The summed E-state index contributed by atoms with van der Waals surface area (Å²) < 4.78 is 42.8. The maximum atomic E-state index is 12.7. The molecule has 0 bridgehead atoms. The number of hydrogen-bond donors (Lipinski definition) is 1. The molecule has 0 radical (unpaired) electrons. The number of nitrogens with zero attached hydrogens (tertiary/aromatic N) is 3. The highest BCUT2D eigenvalue weighted by Gasteiger charge is 2.36. The molecule has 1 N–H and O–H groups in total.